The van der Waals surface area contributed by atoms with Crippen LogP contribution in [0.1, 0.15) is 5.56 Å². The number of methoxy groups -OCH3 is 1. The maximum Gasteiger partial charge on any atom is 0.416 e. The van der Waals surface area contributed by atoms with Crippen molar-refractivity contribution in [3.63, 3.8) is 0 Å². The molecule has 0 aliphatic heterocycles. The van der Waals surface area contributed by atoms with Gasteiger partial charge in [-0.1, -0.05) is 0 Å². The number of halogens is 3. The molecule has 0 unspecified atom stereocenters. The van der Waals surface area contributed by atoms with E-state index in [0.717, 1.165) is 12.1 Å². The number of ether oxygens (including phenoxy) is 1. The molecule has 0 saturated heterocycles. The molecule has 4 aromatic rings. The topological polar surface area (TPSA) is 102 Å². The second-order valence-corrected chi connectivity index (χ2v) is 6.90. The number of nitrogens with zero attached hydrogens (tertiary/aromatic N) is 3. The fraction of sp³-hybridized carbons (Fsp3) is 0.0909. The Morgan fingerprint density at radius 2 is 1.39 bits per heavy atom. The van der Waals surface area contributed by atoms with E-state index in [1.54, 1.807) is 31.4 Å². The molecule has 0 aliphatic rings. The van der Waals surface area contributed by atoms with E-state index in [9.17, 15) is 23.3 Å². The van der Waals surface area contributed by atoms with Gasteiger partial charge in [0.2, 0.25) is 0 Å². The Balaban J connectivity index is 1.74. The van der Waals surface area contributed by atoms with Gasteiger partial charge in [0.1, 0.15) is 5.75 Å². The summed E-state index contributed by atoms with van der Waals surface area (Å²) in [5.74, 6) is 1.11. The van der Waals surface area contributed by atoms with Crippen LogP contribution in [-0.2, 0) is 6.18 Å². The SMILES string of the molecule is COc1ccc(Nc2nc3ccc([N+](=O)[O-])cc3nc2Nc2ccc(C(F)(F)F)cc2)cc1. The van der Waals surface area contributed by atoms with Crippen LogP contribution in [-0.4, -0.2) is 22.0 Å². The van der Waals surface area contributed by atoms with Crippen LogP contribution in [0.25, 0.3) is 11.0 Å². The Morgan fingerprint density at radius 3 is 1.91 bits per heavy atom. The van der Waals surface area contributed by atoms with Crippen molar-refractivity contribution in [2.75, 3.05) is 17.7 Å². The number of hydrogen-bond acceptors (Lipinski definition) is 7. The monoisotopic (exact) mass is 455 g/mol. The number of hydrogen-bond donors (Lipinski definition) is 2. The van der Waals surface area contributed by atoms with E-state index >= 15 is 0 Å². The van der Waals surface area contributed by atoms with Gasteiger partial charge >= 0.3 is 6.18 Å². The lowest BCUT2D eigenvalue weighted by atomic mass is 10.2. The fourth-order valence-electron chi connectivity index (χ4n) is 3.02. The first-order valence-electron chi connectivity index (χ1n) is 9.54. The predicted molar refractivity (Wildman–Crippen MR) is 117 cm³/mol. The molecule has 0 radical (unpaired) electrons. The first-order chi connectivity index (χ1) is 15.7. The number of fused-ring (bicyclic) bond motifs is 1. The third kappa shape index (κ3) is 4.92. The molecule has 0 aliphatic carbocycles. The molecule has 3 aromatic carbocycles. The Hall–Kier alpha value is -4.41. The molecule has 0 saturated carbocycles. The largest absolute Gasteiger partial charge is 0.497 e. The van der Waals surface area contributed by atoms with E-state index < -0.39 is 16.7 Å². The molecule has 0 atom stereocenters. The van der Waals surface area contributed by atoms with Gasteiger partial charge in [0.25, 0.3) is 5.69 Å². The molecule has 0 amide bonds. The molecule has 1 aromatic heterocycles. The van der Waals surface area contributed by atoms with Crippen LogP contribution in [0.3, 0.4) is 0 Å². The number of non-ortho nitro benzene ring substituents is 1. The summed E-state index contributed by atoms with van der Waals surface area (Å²) in [6, 6.07) is 15.5. The highest BCUT2D eigenvalue weighted by Gasteiger charge is 2.30. The van der Waals surface area contributed by atoms with Gasteiger partial charge in [0.05, 0.1) is 28.6 Å². The van der Waals surface area contributed by atoms with Crippen molar-refractivity contribution >= 4 is 39.7 Å². The highest BCUT2D eigenvalue weighted by molar-refractivity contribution is 5.84. The molecular formula is C22H16F3N5O3. The second kappa shape index (κ2) is 8.61. The van der Waals surface area contributed by atoms with Gasteiger partial charge in [0, 0.05) is 23.5 Å². The molecule has 2 N–H and O–H groups in total. The summed E-state index contributed by atoms with van der Waals surface area (Å²) < 4.78 is 43.7. The van der Waals surface area contributed by atoms with E-state index in [1.807, 2.05) is 0 Å². The van der Waals surface area contributed by atoms with Gasteiger partial charge in [-0.2, -0.15) is 13.2 Å². The van der Waals surface area contributed by atoms with Crippen LogP contribution >= 0.6 is 0 Å². The second-order valence-electron chi connectivity index (χ2n) is 6.90. The molecule has 33 heavy (non-hydrogen) atoms. The Bertz CT molecular complexity index is 1310. The van der Waals surface area contributed by atoms with E-state index in [2.05, 4.69) is 20.6 Å². The predicted octanol–water partition coefficient (Wildman–Crippen LogP) is 6.05. The maximum absolute atomic E-state index is 12.9. The molecule has 1 heterocycles. The first-order valence-corrected chi connectivity index (χ1v) is 9.54. The van der Waals surface area contributed by atoms with Crippen LogP contribution in [0, 0.1) is 10.1 Å². The lowest BCUT2D eigenvalue weighted by Gasteiger charge is -2.14. The Kier molecular flexibility index (Phi) is 5.69. The standard InChI is InChI=1S/C22H16F3N5O3/c1-33-17-9-6-15(7-10-17)27-20-21(26-14-4-2-13(3-5-14)22(23,24)25)29-19-12-16(30(31)32)8-11-18(19)28-20/h2-12H,1H3,(H,26,29)(H,27,28). The zero-order valence-electron chi connectivity index (χ0n) is 17.1. The normalized spacial score (nSPS) is 11.3. The third-order valence-corrected chi connectivity index (χ3v) is 4.69. The summed E-state index contributed by atoms with van der Waals surface area (Å²) in [6.45, 7) is 0. The van der Waals surface area contributed by atoms with Crippen molar-refractivity contribution in [2.45, 2.75) is 6.18 Å². The zero-order valence-corrected chi connectivity index (χ0v) is 17.1. The third-order valence-electron chi connectivity index (χ3n) is 4.69. The van der Waals surface area contributed by atoms with Gasteiger partial charge < -0.3 is 15.4 Å². The van der Waals surface area contributed by atoms with Crippen molar-refractivity contribution in [1.29, 1.82) is 0 Å². The number of aromatic nitrogens is 2. The first kappa shape index (κ1) is 21.8. The van der Waals surface area contributed by atoms with E-state index in [0.29, 0.717) is 22.6 Å². The molecule has 11 heteroatoms. The minimum Gasteiger partial charge on any atom is -0.497 e. The van der Waals surface area contributed by atoms with Gasteiger partial charge in [-0.15, -0.1) is 0 Å². The summed E-state index contributed by atoms with van der Waals surface area (Å²) >= 11 is 0. The Morgan fingerprint density at radius 1 is 0.848 bits per heavy atom. The summed E-state index contributed by atoms with van der Waals surface area (Å²) in [4.78, 5) is 19.5. The van der Waals surface area contributed by atoms with Gasteiger partial charge in [0.15, 0.2) is 11.6 Å². The number of nitrogens with one attached hydrogen (secondary N) is 2. The van der Waals surface area contributed by atoms with Crippen LogP contribution in [0.2, 0.25) is 0 Å². The molecule has 0 spiro atoms. The summed E-state index contributed by atoms with van der Waals surface area (Å²) in [5, 5.41) is 17.2. The van der Waals surface area contributed by atoms with Crippen molar-refractivity contribution in [3.05, 3.63) is 82.4 Å². The summed E-state index contributed by atoms with van der Waals surface area (Å²) in [6.07, 6.45) is -4.46. The number of benzene rings is 3. The molecule has 4 rings (SSSR count). The number of alkyl halides is 3. The van der Waals surface area contributed by atoms with Gasteiger partial charge in [-0.05, 0) is 54.6 Å². The minimum atomic E-state index is -4.46. The van der Waals surface area contributed by atoms with Crippen LogP contribution in [0.5, 0.6) is 5.75 Å². The minimum absolute atomic E-state index is 0.159. The molecule has 8 nitrogen and oxygen atoms in total. The summed E-state index contributed by atoms with van der Waals surface area (Å²) in [7, 11) is 1.54. The van der Waals surface area contributed by atoms with Gasteiger partial charge in [-0.3, -0.25) is 10.1 Å². The summed E-state index contributed by atoms with van der Waals surface area (Å²) in [5.41, 5.74) is 0.688. The maximum atomic E-state index is 12.9. The van der Waals surface area contributed by atoms with E-state index in [-0.39, 0.29) is 22.8 Å². The fourth-order valence-corrected chi connectivity index (χ4v) is 3.02. The van der Waals surface area contributed by atoms with Gasteiger partial charge in [-0.25, -0.2) is 9.97 Å². The molecule has 0 fully saturated rings. The lowest BCUT2D eigenvalue weighted by Crippen LogP contribution is -2.06. The quantitative estimate of drug-likeness (QED) is 0.269. The van der Waals surface area contributed by atoms with E-state index in [4.69, 9.17) is 4.74 Å². The van der Waals surface area contributed by atoms with Crippen LogP contribution in [0.4, 0.5) is 41.9 Å². The molecule has 168 valence electrons. The highest BCUT2D eigenvalue weighted by Crippen LogP contribution is 2.32. The number of nitro groups is 1. The lowest BCUT2D eigenvalue weighted by molar-refractivity contribution is -0.384. The molecular weight excluding hydrogens is 439 g/mol. The zero-order chi connectivity index (χ0) is 23.6. The average Bonchev–Trinajstić information content (AvgIpc) is 2.79. The van der Waals surface area contributed by atoms with Crippen molar-refractivity contribution in [1.82, 2.24) is 9.97 Å². The highest BCUT2D eigenvalue weighted by atomic mass is 19.4. The molecule has 0 bridgehead atoms. The van der Waals surface area contributed by atoms with Crippen molar-refractivity contribution in [2.24, 2.45) is 0 Å². The Labute approximate surface area is 185 Å². The number of nitro benzene ring substituents is 1. The van der Waals surface area contributed by atoms with Crippen molar-refractivity contribution < 1.29 is 22.8 Å². The smallest absolute Gasteiger partial charge is 0.416 e. The number of anilines is 4. The van der Waals surface area contributed by atoms with Crippen LogP contribution in [0.15, 0.2) is 66.7 Å². The number of rotatable bonds is 6. The van der Waals surface area contributed by atoms with Crippen molar-refractivity contribution in [3.8, 4) is 5.75 Å². The van der Waals surface area contributed by atoms with E-state index in [1.165, 1.54) is 30.3 Å². The average molecular weight is 455 g/mol. The van der Waals surface area contributed by atoms with Crippen LogP contribution < -0.4 is 15.4 Å².